The minimum Gasteiger partial charge on any atom is -0.481 e. The summed E-state index contributed by atoms with van der Waals surface area (Å²) in [6.45, 7) is 5.97. The Morgan fingerprint density at radius 2 is 2.05 bits per heavy atom. The van der Waals surface area contributed by atoms with E-state index in [2.05, 4.69) is 13.5 Å². The minimum absolute atomic E-state index is 0.0764. The maximum Gasteiger partial charge on any atom is 0.306 e. The van der Waals surface area contributed by atoms with E-state index in [1.54, 1.807) is 0 Å². The van der Waals surface area contributed by atoms with Gasteiger partial charge in [-0.25, -0.2) is 0 Å². The topological polar surface area (TPSA) is 37.3 Å². The number of unbranched alkanes of at least 4 members (excludes halogenated alkanes) is 3. The van der Waals surface area contributed by atoms with Gasteiger partial charge < -0.3 is 5.11 Å². The van der Waals surface area contributed by atoms with Crippen LogP contribution in [0.25, 0.3) is 0 Å². The zero-order chi connectivity index (χ0) is 14.1. The van der Waals surface area contributed by atoms with Crippen molar-refractivity contribution in [3.8, 4) is 0 Å². The summed E-state index contributed by atoms with van der Waals surface area (Å²) in [6.07, 6.45) is 13.4. The van der Waals surface area contributed by atoms with Crippen LogP contribution in [0.1, 0.15) is 71.1 Å². The van der Waals surface area contributed by atoms with Crippen molar-refractivity contribution in [3.63, 3.8) is 0 Å². The largest absolute Gasteiger partial charge is 0.481 e. The van der Waals surface area contributed by atoms with E-state index in [9.17, 15) is 9.90 Å². The lowest BCUT2D eigenvalue weighted by atomic mass is 9.71. The molecule has 1 fully saturated rings. The third-order valence-corrected chi connectivity index (χ3v) is 4.59. The highest BCUT2D eigenvalue weighted by Gasteiger charge is 2.33. The molecule has 0 radical (unpaired) electrons. The number of hydrogen-bond donors (Lipinski definition) is 1. The number of carboxylic acids is 1. The number of rotatable bonds is 9. The molecule has 1 aliphatic carbocycles. The molecule has 0 heterocycles. The molecule has 1 saturated carbocycles. The molecule has 19 heavy (non-hydrogen) atoms. The summed E-state index contributed by atoms with van der Waals surface area (Å²) >= 11 is 0. The lowest BCUT2D eigenvalue weighted by molar-refractivity contribution is -0.145. The Bertz CT molecular complexity index is 272. The van der Waals surface area contributed by atoms with Gasteiger partial charge in [0.1, 0.15) is 0 Å². The van der Waals surface area contributed by atoms with Crippen LogP contribution >= 0.6 is 0 Å². The van der Waals surface area contributed by atoms with Gasteiger partial charge in [-0.05, 0) is 50.4 Å². The highest BCUT2D eigenvalue weighted by molar-refractivity contribution is 5.70. The fraction of sp³-hybridized carbons (Fsp3) is 0.824. The van der Waals surface area contributed by atoms with Crippen LogP contribution in [0, 0.1) is 17.8 Å². The Hall–Kier alpha value is -0.790. The SMILES string of the molecule is C=CCCCCCC1CC(CCC)CCC1C(=O)O. The first-order valence-corrected chi connectivity index (χ1v) is 8.02. The van der Waals surface area contributed by atoms with Gasteiger partial charge in [0.2, 0.25) is 0 Å². The molecule has 0 spiro atoms. The molecule has 0 amide bonds. The molecule has 0 aromatic heterocycles. The Kier molecular flexibility index (Phi) is 7.85. The van der Waals surface area contributed by atoms with E-state index in [0.717, 1.165) is 38.0 Å². The number of allylic oxidation sites excluding steroid dienone is 1. The average Bonchev–Trinajstić information content (AvgIpc) is 2.39. The van der Waals surface area contributed by atoms with Crippen LogP contribution in [0.4, 0.5) is 0 Å². The molecular formula is C17H30O2. The molecule has 0 aliphatic heterocycles. The van der Waals surface area contributed by atoms with Crippen LogP contribution in [0.3, 0.4) is 0 Å². The lowest BCUT2D eigenvalue weighted by Crippen LogP contribution is -2.30. The van der Waals surface area contributed by atoms with E-state index >= 15 is 0 Å². The van der Waals surface area contributed by atoms with E-state index in [1.807, 2.05) is 6.08 Å². The lowest BCUT2D eigenvalue weighted by Gasteiger charge is -2.34. The van der Waals surface area contributed by atoms with Gasteiger partial charge in [-0.3, -0.25) is 4.79 Å². The molecule has 2 heteroatoms. The summed E-state index contributed by atoms with van der Waals surface area (Å²) < 4.78 is 0. The van der Waals surface area contributed by atoms with Crippen molar-refractivity contribution in [1.29, 1.82) is 0 Å². The molecule has 0 aromatic carbocycles. The first-order valence-electron chi connectivity index (χ1n) is 8.02. The Morgan fingerprint density at radius 1 is 1.26 bits per heavy atom. The van der Waals surface area contributed by atoms with Gasteiger partial charge in [-0.2, -0.15) is 0 Å². The maximum absolute atomic E-state index is 11.4. The maximum atomic E-state index is 11.4. The van der Waals surface area contributed by atoms with Crippen molar-refractivity contribution in [2.24, 2.45) is 17.8 Å². The molecule has 0 bridgehead atoms. The second-order valence-electron chi connectivity index (χ2n) is 6.10. The van der Waals surface area contributed by atoms with Crippen molar-refractivity contribution < 1.29 is 9.90 Å². The molecule has 1 N–H and O–H groups in total. The standard InChI is InChI=1S/C17H30O2/c1-3-5-6-7-8-10-15-13-14(9-4-2)11-12-16(15)17(18)19/h3,14-16H,1,4-13H2,2H3,(H,18,19). The van der Waals surface area contributed by atoms with Crippen molar-refractivity contribution in [2.45, 2.75) is 71.1 Å². The summed E-state index contributed by atoms with van der Waals surface area (Å²) in [5, 5.41) is 9.35. The van der Waals surface area contributed by atoms with E-state index < -0.39 is 5.97 Å². The third-order valence-electron chi connectivity index (χ3n) is 4.59. The van der Waals surface area contributed by atoms with E-state index in [1.165, 1.54) is 32.1 Å². The summed E-state index contributed by atoms with van der Waals surface area (Å²) in [5.74, 6) is 0.559. The third kappa shape index (κ3) is 5.80. The van der Waals surface area contributed by atoms with Gasteiger partial charge in [-0.1, -0.05) is 38.7 Å². The average molecular weight is 266 g/mol. The number of aliphatic carboxylic acids is 1. The van der Waals surface area contributed by atoms with Crippen molar-refractivity contribution in [2.75, 3.05) is 0 Å². The molecule has 2 nitrogen and oxygen atoms in total. The molecule has 0 aromatic rings. The normalized spacial score (nSPS) is 27.1. The van der Waals surface area contributed by atoms with E-state index in [0.29, 0.717) is 5.92 Å². The zero-order valence-corrected chi connectivity index (χ0v) is 12.4. The molecule has 1 aliphatic rings. The Balaban J connectivity index is 2.38. The van der Waals surface area contributed by atoms with Crippen LogP contribution in [-0.2, 0) is 4.79 Å². The van der Waals surface area contributed by atoms with Crippen LogP contribution in [0.2, 0.25) is 0 Å². The number of carboxylic acid groups (broad SMARTS) is 1. The highest BCUT2D eigenvalue weighted by Crippen LogP contribution is 2.39. The van der Waals surface area contributed by atoms with E-state index in [4.69, 9.17) is 0 Å². The predicted octanol–water partition coefficient (Wildman–Crippen LogP) is 5.04. The molecule has 3 atom stereocenters. The Labute approximate surface area is 118 Å². The predicted molar refractivity (Wildman–Crippen MR) is 80.1 cm³/mol. The Morgan fingerprint density at radius 3 is 2.68 bits per heavy atom. The molecular weight excluding hydrogens is 236 g/mol. The second kappa shape index (κ2) is 9.17. The second-order valence-corrected chi connectivity index (χ2v) is 6.10. The van der Waals surface area contributed by atoms with Gasteiger partial charge in [0.05, 0.1) is 5.92 Å². The van der Waals surface area contributed by atoms with Crippen molar-refractivity contribution in [3.05, 3.63) is 12.7 Å². The first kappa shape index (κ1) is 16.3. The summed E-state index contributed by atoms with van der Waals surface area (Å²) in [7, 11) is 0. The van der Waals surface area contributed by atoms with E-state index in [-0.39, 0.29) is 5.92 Å². The van der Waals surface area contributed by atoms with Gasteiger partial charge in [0.15, 0.2) is 0 Å². The monoisotopic (exact) mass is 266 g/mol. The summed E-state index contributed by atoms with van der Waals surface area (Å²) in [5.41, 5.74) is 0. The van der Waals surface area contributed by atoms with Crippen molar-refractivity contribution >= 4 is 5.97 Å². The number of hydrogen-bond acceptors (Lipinski definition) is 1. The van der Waals surface area contributed by atoms with Gasteiger partial charge in [-0.15, -0.1) is 6.58 Å². The van der Waals surface area contributed by atoms with Crippen LogP contribution in [0.15, 0.2) is 12.7 Å². The summed E-state index contributed by atoms with van der Waals surface area (Å²) in [4.78, 5) is 11.4. The molecule has 3 unspecified atom stereocenters. The minimum atomic E-state index is -0.564. The fourth-order valence-corrected chi connectivity index (χ4v) is 3.55. The molecule has 110 valence electrons. The molecule has 1 rings (SSSR count). The summed E-state index contributed by atoms with van der Waals surface area (Å²) in [6, 6.07) is 0. The van der Waals surface area contributed by atoms with Crippen molar-refractivity contribution in [1.82, 2.24) is 0 Å². The van der Waals surface area contributed by atoms with Gasteiger partial charge >= 0.3 is 5.97 Å². The quantitative estimate of drug-likeness (QED) is 0.469. The number of carbonyl (C=O) groups is 1. The van der Waals surface area contributed by atoms with Crippen LogP contribution in [0.5, 0.6) is 0 Å². The van der Waals surface area contributed by atoms with Crippen LogP contribution in [-0.4, -0.2) is 11.1 Å². The van der Waals surface area contributed by atoms with Gasteiger partial charge in [0.25, 0.3) is 0 Å². The zero-order valence-electron chi connectivity index (χ0n) is 12.4. The molecule has 0 saturated heterocycles. The fourth-order valence-electron chi connectivity index (χ4n) is 3.55. The van der Waals surface area contributed by atoms with Crippen LogP contribution < -0.4 is 0 Å². The highest BCUT2D eigenvalue weighted by atomic mass is 16.4. The smallest absolute Gasteiger partial charge is 0.306 e. The first-order chi connectivity index (χ1) is 9.19. The van der Waals surface area contributed by atoms with Gasteiger partial charge in [0, 0.05) is 0 Å².